The first kappa shape index (κ1) is 14.8. The van der Waals surface area contributed by atoms with Gasteiger partial charge in [0.15, 0.2) is 0 Å². The van der Waals surface area contributed by atoms with Crippen molar-refractivity contribution in [1.82, 2.24) is 9.80 Å². The molecule has 2 atom stereocenters. The fraction of sp³-hybridized carbons (Fsp3) is 0.929. The van der Waals surface area contributed by atoms with Gasteiger partial charge in [-0.2, -0.15) is 0 Å². The zero-order chi connectivity index (χ0) is 13.8. The van der Waals surface area contributed by atoms with Gasteiger partial charge in [0.2, 0.25) is 5.91 Å². The number of morpholine rings is 1. The van der Waals surface area contributed by atoms with Gasteiger partial charge in [-0.05, 0) is 33.2 Å². The highest BCUT2D eigenvalue weighted by Crippen LogP contribution is 2.21. The van der Waals surface area contributed by atoms with Crippen molar-refractivity contribution in [3.63, 3.8) is 0 Å². The van der Waals surface area contributed by atoms with Gasteiger partial charge in [-0.1, -0.05) is 6.42 Å². The van der Waals surface area contributed by atoms with Crippen molar-refractivity contribution < 1.29 is 14.6 Å². The second kappa shape index (κ2) is 6.68. The van der Waals surface area contributed by atoms with Crippen molar-refractivity contribution in [2.45, 2.75) is 51.3 Å². The highest BCUT2D eigenvalue weighted by atomic mass is 16.5. The van der Waals surface area contributed by atoms with Gasteiger partial charge in [0.1, 0.15) is 6.61 Å². The minimum atomic E-state index is -0.214. The van der Waals surface area contributed by atoms with Crippen molar-refractivity contribution in [1.29, 1.82) is 0 Å². The normalized spacial score (nSPS) is 30.1. The molecule has 110 valence electrons. The van der Waals surface area contributed by atoms with E-state index in [9.17, 15) is 4.79 Å². The number of amides is 1. The minimum absolute atomic E-state index is 0.0116. The molecule has 2 fully saturated rings. The summed E-state index contributed by atoms with van der Waals surface area (Å²) in [6.45, 7) is 6.97. The molecule has 5 nitrogen and oxygen atoms in total. The molecule has 0 spiro atoms. The molecule has 0 saturated carbocycles. The largest absolute Gasteiger partial charge is 0.394 e. The summed E-state index contributed by atoms with van der Waals surface area (Å²) in [7, 11) is 0. The molecule has 1 N–H and O–H groups in total. The maximum absolute atomic E-state index is 11.9. The van der Waals surface area contributed by atoms with Gasteiger partial charge < -0.3 is 14.7 Å². The number of ether oxygens (including phenoxy) is 1. The van der Waals surface area contributed by atoms with Crippen LogP contribution in [-0.4, -0.2) is 71.8 Å². The van der Waals surface area contributed by atoms with E-state index in [0.717, 1.165) is 19.5 Å². The molecule has 2 unspecified atom stereocenters. The summed E-state index contributed by atoms with van der Waals surface area (Å²) in [5, 5.41) is 9.17. The van der Waals surface area contributed by atoms with Gasteiger partial charge >= 0.3 is 0 Å². The maximum Gasteiger partial charge on any atom is 0.248 e. The van der Waals surface area contributed by atoms with E-state index in [1.807, 2.05) is 4.90 Å². The smallest absolute Gasteiger partial charge is 0.248 e. The molecule has 0 bridgehead atoms. The van der Waals surface area contributed by atoms with Crippen molar-refractivity contribution in [2.75, 3.05) is 32.8 Å². The Kier molecular flexibility index (Phi) is 5.19. The number of carbonyl (C=O) groups is 1. The number of aliphatic hydroxyl groups is 1. The van der Waals surface area contributed by atoms with Crippen LogP contribution >= 0.6 is 0 Å². The van der Waals surface area contributed by atoms with Crippen LogP contribution in [-0.2, 0) is 9.53 Å². The lowest BCUT2D eigenvalue weighted by Gasteiger charge is -2.42. The quantitative estimate of drug-likeness (QED) is 0.807. The molecule has 0 radical (unpaired) electrons. The number of aliphatic hydroxyl groups excluding tert-OH is 1. The summed E-state index contributed by atoms with van der Waals surface area (Å²) in [6.07, 6.45) is 3.45. The lowest BCUT2D eigenvalue weighted by atomic mass is 9.99. The average molecular weight is 270 g/mol. The molecule has 0 aromatic heterocycles. The van der Waals surface area contributed by atoms with Crippen LogP contribution in [0.3, 0.4) is 0 Å². The first-order chi connectivity index (χ1) is 9.11. The van der Waals surface area contributed by atoms with E-state index in [1.165, 1.54) is 12.8 Å². The molecule has 0 aromatic rings. The Labute approximate surface area is 115 Å². The second-order valence-corrected chi connectivity index (χ2v) is 5.90. The molecule has 2 aliphatic rings. The highest BCUT2D eigenvalue weighted by molar-refractivity contribution is 5.78. The third-order valence-corrected chi connectivity index (χ3v) is 4.19. The third kappa shape index (κ3) is 3.68. The van der Waals surface area contributed by atoms with Crippen molar-refractivity contribution in [3.8, 4) is 0 Å². The van der Waals surface area contributed by atoms with Crippen molar-refractivity contribution in [3.05, 3.63) is 0 Å². The Morgan fingerprint density at radius 1 is 1.42 bits per heavy atom. The summed E-state index contributed by atoms with van der Waals surface area (Å²) >= 11 is 0. The minimum Gasteiger partial charge on any atom is -0.394 e. The van der Waals surface area contributed by atoms with E-state index in [4.69, 9.17) is 9.84 Å². The summed E-state index contributed by atoms with van der Waals surface area (Å²) in [5.41, 5.74) is 0. The Morgan fingerprint density at radius 3 is 2.89 bits per heavy atom. The van der Waals surface area contributed by atoms with Crippen LogP contribution in [0.15, 0.2) is 0 Å². The molecule has 2 rings (SSSR count). The molecule has 2 heterocycles. The molecular formula is C14H26N2O3. The second-order valence-electron chi connectivity index (χ2n) is 5.90. The molecule has 2 saturated heterocycles. The fourth-order valence-electron chi connectivity index (χ4n) is 3.12. The summed E-state index contributed by atoms with van der Waals surface area (Å²) < 4.78 is 5.28. The van der Waals surface area contributed by atoms with Gasteiger partial charge in [-0.25, -0.2) is 0 Å². The summed E-state index contributed by atoms with van der Waals surface area (Å²) in [6, 6.07) is 0.977. The number of hydrogen-bond donors (Lipinski definition) is 1. The standard InChI is InChI=1S/C14H26N2O3/c1-11(2)16-6-4-3-5-12(16)7-15-8-13(9-17)19-10-14(15)18/h11-13,17H,3-10H2,1-2H3. The van der Waals surface area contributed by atoms with Crippen LogP contribution in [0, 0.1) is 0 Å². The van der Waals surface area contributed by atoms with Crippen molar-refractivity contribution >= 4 is 5.91 Å². The van der Waals surface area contributed by atoms with Gasteiger partial charge in [0.05, 0.1) is 12.7 Å². The maximum atomic E-state index is 11.9. The SMILES string of the molecule is CC(C)N1CCCCC1CN1CC(CO)OCC1=O. The average Bonchev–Trinajstić information content (AvgIpc) is 2.41. The number of likely N-dealkylation sites (tertiary alicyclic amines) is 1. The molecular weight excluding hydrogens is 244 g/mol. The lowest BCUT2D eigenvalue weighted by Crippen LogP contribution is -2.55. The zero-order valence-electron chi connectivity index (χ0n) is 12.0. The Morgan fingerprint density at radius 2 is 2.21 bits per heavy atom. The molecule has 1 amide bonds. The molecule has 5 heteroatoms. The number of rotatable bonds is 4. The number of carbonyl (C=O) groups excluding carboxylic acids is 1. The number of nitrogens with zero attached hydrogens (tertiary/aromatic N) is 2. The van der Waals surface area contributed by atoms with Gasteiger partial charge in [0, 0.05) is 25.2 Å². The fourth-order valence-corrected chi connectivity index (χ4v) is 3.12. The van der Waals surface area contributed by atoms with E-state index in [0.29, 0.717) is 18.6 Å². The van der Waals surface area contributed by atoms with Gasteiger partial charge in [-0.3, -0.25) is 9.69 Å². The van der Waals surface area contributed by atoms with Gasteiger partial charge in [-0.15, -0.1) is 0 Å². The Hall–Kier alpha value is -0.650. The Balaban J connectivity index is 1.95. The number of hydrogen-bond acceptors (Lipinski definition) is 4. The Bertz CT molecular complexity index is 309. The van der Waals surface area contributed by atoms with Crippen LogP contribution < -0.4 is 0 Å². The predicted molar refractivity (Wildman–Crippen MR) is 72.9 cm³/mol. The highest BCUT2D eigenvalue weighted by Gasteiger charge is 2.31. The first-order valence-electron chi connectivity index (χ1n) is 7.37. The lowest BCUT2D eigenvalue weighted by molar-refractivity contribution is -0.152. The monoisotopic (exact) mass is 270 g/mol. The van der Waals surface area contributed by atoms with E-state index in [-0.39, 0.29) is 25.2 Å². The van der Waals surface area contributed by atoms with E-state index >= 15 is 0 Å². The third-order valence-electron chi connectivity index (χ3n) is 4.19. The van der Waals surface area contributed by atoms with E-state index < -0.39 is 0 Å². The molecule has 2 aliphatic heterocycles. The number of piperidine rings is 1. The molecule has 0 aromatic carbocycles. The van der Waals surface area contributed by atoms with Crippen LogP contribution in [0.1, 0.15) is 33.1 Å². The zero-order valence-corrected chi connectivity index (χ0v) is 12.0. The first-order valence-corrected chi connectivity index (χ1v) is 7.37. The van der Waals surface area contributed by atoms with Crippen LogP contribution in [0.4, 0.5) is 0 Å². The molecule has 19 heavy (non-hydrogen) atoms. The predicted octanol–water partition coefficient (Wildman–Crippen LogP) is 0.469. The topological polar surface area (TPSA) is 53.0 Å². The van der Waals surface area contributed by atoms with Crippen LogP contribution in [0.2, 0.25) is 0 Å². The van der Waals surface area contributed by atoms with Gasteiger partial charge in [0.25, 0.3) is 0 Å². The van der Waals surface area contributed by atoms with E-state index in [1.54, 1.807) is 0 Å². The van der Waals surface area contributed by atoms with Crippen molar-refractivity contribution in [2.24, 2.45) is 0 Å². The summed E-state index contributed by atoms with van der Waals surface area (Å²) in [4.78, 5) is 16.3. The van der Waals surface area contributed by atoms with Crippen LogP contribution in [0.25, 0.3) is 0 Å². The van der Waals surface area contributed by atoms with E-state index in [2.05, 4.69) is 18.7 Å². The molecule has 0 aliphatic carbocycles. The van der Waals surface area contributed by atoms with Crippen LogP contribution in [0.5, 0.6) is 0 Å². The summed E-state index contributed by atoms with van der Waals surface area (Å²) in [5.74, 6) is 0.0546.